The minimum absolute atomic E-state index is 0.155. The number of H-pyrrole nitrogens is 2. The Labute approximate surface area is 164 Å². The Balaban J connectivity index is 1.66. The van der Waals surface area contributed by atoms with Gasteiger partial charge in [0.1, 0.15) is 17.1 Å². The molecule has 2 N–H and O–H groups in total. The van der Waals surface area contributed by atoms with Crippen LogP contribution in [0.1, 0.15) is 25.3 Å². The molecule has 0 aliphatic heterocycles. The third kappa shape index (κ3) is 3.69. The molecule has 0 spiro atoms. The predicted octanol–water partition coefficient (Wildman–Crippen LogP) is 3.37. The van der Waals surface area contributed by atoms with Crippen LogP contribution >= 0.6 is 0 Å². The molecular weight excluding hydrogens is 375 g/mol. The van der Waals surface area contributed by atoms with Crippen molar-refractivity contribution in [3.8, 4) is 5.75 Å². The first-order valence-corrected chi connectivity index (χ1v) is 9.30. The number of aromatic amines is 2. The topological polar surface area (TPSA) is 92.2 Å². The van der Waals surface area contributed by atoms with Gasteiger partial charge in [-0.15, -0.1) is 4.68 Å². The number of rotatable bonds is 6. The molecule has 0 aliphatic rings. The van der Waals surface area contributed by atoms with Gasteiger partial charge in [0.05, 0.1) is 18.3 Å². The molecule has 0 saturated carbocycles. The van der Waals surface area contributed by atoms with Crippen molar-refractivity contribution in [2.75, 3.05) is 6.61 Å². The van der Waals surface area contributed by atoms with Crippen LogP contribution < -0.4 is 16.0 Å². The highest BCUT2D eigenvalue weighted by atomic mass is 19.1. The molecule has 0 unspecified atom stereocenters. The van der Waals surface area contributed by atoms with Crippen molar-refractivity contribution in [2.45, 2.75) is 19.8 Å². The Hall–Kier alpha value is -3.68. The number of unbranched alkanes of at least 4 members (excludes halogenated alkanes) is 1. The summed E-state index contributed by atoms with van der Waals surface area (Å²) >= 11 is 0. The van der Waals surface area contributed by atoms with Gasteiger partial charge in [0.25, 0.3) is 0 Å². The smallest absolute Gasteiger partial charge is 0.350 e. The van der Waals surface area contributed by atoms with E-state index in [0.29, 0.717) is 23.1 Å². The molecule has 2 aromatic heterocycles. The molecule has 0 fully saturated rings. The van der Waals surface area contributed by atoms with Crippen LogP contribution in [0.15, 0.2) is 57.2 Å². The van der Waals surface area contributed by atoms with Crippen molar-refractivity contribution < 1.29 is 9.13 Å². The Kier molecular flexibility index (Phi) is 4.99. The average molecular weight is 394 g/mol. The Morgan fingerprint density at radius 2 is 1.90 bits per heavy atom. The van der Waals surface area contributed by atoms with Gasteiger partial charge < -0.3 is 14.7 Å². The highest BCUT2D eigenvalue weighted by molar-refractivity contribution is 6.04. The van der Waals surface area contributed by atoms with Crippen LogP contribution in [0.4, 0.5) is 4.39 Å². The molecule has 0 amide bonds. The molecule has 2 heterocycles. The highest BCUT2D eigenvalue weighted by Crippen LogP contribution is 2.21. The van der Waals surface area contributed by atoms with E-state index in [0.717, 1.165) is 23.3 Å². The maximum atomic E-state index is 13.5. The average Bonchev–Trinajstić information content (AvgIpc) is 3.07. The minimum atomic E-state index is -0.705. The van der Waals surface area contributed by atoms with E-state index in [-0.39, 0.29) is 11.0 Å². The summed E-state index contributed by atoms with van der Waals surface area (Å²) in [6, 6.07) is 11.2. The second-order valence-electron chi connectivity index (χ2n) is 6.63. The lowest BCUT2D eigenvalue weighted by atomic mass is 10.2. The summed E-state index contributed by atoms with van der Waals surface area (Å²) in [5, 5.41) is 4.45. The van der Waals surface area contributed by atoms with E-state index in [1.807, 2.05) is 0 Å². The van der Waals surface area contributed by atoms with Crippen LogP contribution in [0.5, 0.6) is 5.75 Å². The zero-order chi connectivity index (χ0) is 20.4. The molecule has 7 nitrogen and oxygen atoms in total. The molecule has 148 valence electrons. The van der Waals surface area contributed by atoms with Crippen LogP contribution in [-0.2, 0) is 0 Å². The van der Waals surface area contributed by atoms with E-state index in [1.54, 1.807) is 24.3 Å². The fourth-order valence-corrected chi connectivity index (χ4v) is 3.03. The largest absolute Gasteiger partial charge is 0.494 e. The summed E-state index contributed by atoms with van der Waals surface area (Å²) in [6.07, 6.45) is 3.46. The van der Waals surface area contributed by atoms with Gasteiger partial charge in [-0.1, -0.05) is 13.3 Å². The Morgan fingerprint density at radius 1 is 1.10 bits per heavy atom. The number of nitrogens with one attached hydrogen (secondary N) is 2. The molecular formula is C21H19FN4O3. The summed E-state index contributed by atoms with van der Waals surface area (Å²) < 4.78 is 19.9. The number of fused-ring (bicyclic) bond motifs is 3. The fraction of sp³-hybridized carbons (Fsp3) is 0.190. The molecule has 4 rings (SSSR count). The molecule has 0 radical (unpaired) electrons. The van der Waals surface area contributed by atoms with Gasteiger partial charge in [-0.2, -0.15) is 5.10 Å². The maximum Gasteiger partial charge on any atom is 0.350 e. The standard InChI is InChI=1S/C21H19FN4O3/c1-2-3-10-29-15-7-4-13(5-8-15)12-23-26-20(27)19-18(25-21(26)28)16-11-14(22)6-9-17(16)24-19/h4-9,11-12,24H,2-3,10H2,1H3,(H,25,28). The second-order valence-corrected chi connectivity index (χ2v) is 6.63. The van der Waals surface area contributed by atoms with Gasteiger partial charge in [0, 0.05) is 10.9 Å². The fourth-order valence-electron chi connectivity index (χ4n) is 3.03. The number of aromatic nitrogens is 3. The van der Waals surface area contributed by atoms with Gasteiger partial charge in [0.2, 0.25) is 0 Å². The number of hydrogen-bond acceptors (Lipinski definition) is 4. The van der Waals surface area contributed by atoms with Crippen molar-refractivity contribution in [2.24, 2.45) is 5.10 Å². The lowest BCUT2D eigenvalue weighted by Crippen LogP contribution is -2.32. The Morgan fingerprint density at radius 3 is 2.66 bits per heavy atom. The quantitative estimate of drug-likeness (QED) is 0.388. The van der Waals surface area contributed by atoms with Gasteiger partial charge in [-0.05, 0) is 54.4 Å². The van der Waals surface area contributed by atoms with E-state index >= 15 is 0 Å². The molecule has 0 bridgehead atoms. The summed E-state index contributed by atoms with van der Waals surface area (Å²) in [5.41, 5.74) is 0.351. The number of halogens is 1. The SMILES string of the molecule is CCCCOc1ccc(C=Nn2c(=O)[nH]c3c([nH]c4ccc(F)cc43)c2=O)cc1. The van der Waals surface area contributed by atoms with E-state index in [1.165, 1.54) is 24.4 Å². The van der Waals surface area contributed by atoms with Crippen molar-refractivity contribution in [3.05, 3.63) is 74.7 Å². The second kappa shape index (κ2) is 7.75. The monoisotopic (exact) mass is 394 g/mol. The van der Waals surface area contributed by atoms with Crippen LogP contribution in [0, 0.1) is 5.82 Å². The zero-order valence-corrected chi connectivity index (χ0v) is 15.7. The van der Waals surface area contributed by atoms with Crippen molar-refractivity contribution in [1.29, 1.82) is 0 Å². The predicted molar refractivity (Wildman–Crippen MR) is 110 cm³/mol. The summed E-state index contributed by atoms with van der Waals surface area (Å²) in [7, 11) is 0. The molecule has 4 aromatic rings. The van der Waals surface area contributed by atoms with Crippen molar-refractivity contribution >= 4 is 28.2 Å². The maximum absolute atomic E-state index is 13.5. The molecule has 0 saturated heterocycles. The molecule has 29 heavy (non-hydrogen) atoms. The zero-order valence-electron chi connectivity index (χ0n) is 15.7. The summed E-state index contributed by atoms with van der Waals surface area (Å²) in [5.74, 6) is 0.293. The molecule has 2 aromatic carbocycles. The lowest BCUT2D eigenvalue weighted by Gasteiger charge is -2.04. The third-order valence-electron chi connectivity index (χ3n) is 4.56. The molecule has 0 atom stereocenters. The van der Waals surface area contributed by atoms with Crippen molar-refractivity contribution in [1.82, 2.24) is 14.6 Å². The normalized spacial score (nSPS) is 11.7. The molecule has 8 heteroatoms. The number of nitrogens with zero attached hydrogens (tertiary/aromatic N) is 2. The van der Waals surface area contributed by atoms with Gasteiger partial charge in [-0.25, -0.2) is 9.18 Å². The van der Waals surface area contributed by atoms with E-state index < -0.39 is 17.1 Å². The van der Waals surface area contributed by atoms with E-state index in [4.69, 9.17) is 4.74 Å². The van der Waals surface area contributed by atoms with E-state index in [2.05, 4.69) is 22.0 Å². The van der Waals surface area contributed by atoms with Gasteiger partial charge in [0.15, 0.2) is 0 Å². The lowest BCUT2D eigenvalue weighted by molar-refractivity contribution is 0.309. The first-order valence-electron chi connectivity index (χ1n) is 9.30. The van der Waals surface area contributed by atoms with E-state index in [9.17, 15) is 14.0 Å². The first kappa shape index (κ1) is 18.7. The molecule has 0 aliphatic carbocycles. The Bertz CT molecular complexity index is 1320. The number of ether oxygens (including phenoxy) is 1. The number of benzene rings is 2. The number of hydrogen-bond donors (Lipinski definition) is 2. The summed E-state index contributed by atoms with van der Waals surface area (Å²) in [6.45, 7) is 2.75. The van der Waals surface area contributed by atoms with Crippen LogP contribution in [0.3, 0.4) is 0 Å². The first-order chi connectivity index (χ1) is 14.1. The third-order valence-corrected chi connectivity index (χ3v) is 4.56. The van der Waals surface area contributed by atoms with Gasteiger partial charge >= 0.3 is 11.2 Å². The minimum Gasteiger partial charge on any atom is -0.494 e. The summed E-state index contributed by atoms with van der Waals surface area (Å²) in [4.78, 5) is 30.6. The van der Waals surface area contributed by atoms with Gasteiger partial charge in [-0.3, -0.25) is 4.79 Å². The van der Waals surface area contributed by atoms with Crippen molar-refractivity contribution in [3.63, 3.8) is 0 Å². The highest BCUT2D eigenvalue weighted by Gasteiger charge is 2.13. The van der Waals surface area contributed by atoms with Crippen LogP contribution in [0.25, 0.3) is 21.9 Å². The van der Waals surface area contributed by atoms with Crippen LogP contribution in [-0.4, -0.2) is 27.5 Å². The van der Waals surface area contributed by atoms with Crippen LogP contribution in [0.2, 0.25) is 0 Å².